The molecule has 3 aromatic rings. The van der Waals surface area contributed by atoms with Gasteiger partial charge in [-0.25, -0.2) is 0 Å². The number of carbonyl (C=O) groups is 1. The highest BCUT2D eigenvalue weighted by atomic mass is 16.5. The van der Waals surface area contributed by atoms with Crippen molar-refractivity contribution in [1.82, 2.24) is 5.16 Å². The predicted octanol–water partition coefficient (Wildman–Crippen LogP) is 3.92. The summed E-state index contributed by atoms with van der Waals surface area (Å²) in [4.78, 5) is 12.5. The summed E-state index contributed by atoms with van der Waals surface area (Å²) in [6.07, 6.45) is 0. The Hall–Kier alpha value is -3.28. The van der Waals surface area contributed by atoms with Gasteiger partial charge in [0.05, 0.1) is 14.2 Å². The molecule has 0 saturated heterocycles. The molecule has 0 atom stereocenters. The van der Waals surface area contributed by atoms with Gasteiger partial charge in [0.2, 0.25) is 0 Å². The van der Waals surface area contributed by atoms with Gasteiger partial charge < -0.3 is 19.3 Å². The summed E-state index contributed by atoms with van der Waals surface area (Å²) in [6.45, 7) is 1.87. The number of anilines is 1. The number of nitrogens with zero attached hydrogens (tertiary/aromatic N) is 1. The maximum Gasteiger partial charge on any atom is 0.277 e. The standard InChI is InChI=1S/C19H18N2O4/c1-12-9-17(23-2)18(24-3)10-14(12)20-19(22)15-11-16(25-21-15)13-7-5-4-6-8-13/h4-11H,1-3H3,(H,20,22). The van der Waals surface area contributed by atoms with Crippen LogP contribution in [0.3, 0.4) is 0 Å². The number of aromatic nitrogens is 1. The molecule has 2 aromatic carbocycles. The summed E-state index contributed by atoms with van der Waals surface area (Å²) in [5.74, 6) is 1.32. The number of rotatable bonds is 5. The monoisotopic (exact) mass is 338 g/mol. The summed E-state index contributed by atoms with van der Waals surface area (Å²) in [6, 6.07) is 14.6. The van der Waals surface area contributed by atoms with E-state index in [2.05, 4.69) is 10.5 Å². The highest BCUT2D eigenvalue weighted by Gasteiger charge is 2.16. The van der Waals surface area contributed by atoms with Gasteiger partial charge >= 0.3 is 0 Å². The molecule has 1 N–H and O–H groups in total. The first-order chi connectivity index (χ1) is 12.1. The second-order valence-electron chi connectivity index (χ2n) is 5.42. The first-order valence-electron chi connectivity index (χ1n) is 7.68. The molecule has 25 heavy (non-hydrogen) atoms. The Bertz CT molecular complexity index is 888. The first-order valence-corrected chi connectivity index (χ1v) is 7.68. The van der Waals surface area contributed by atoms with Crippen LogP contribution in [0.25, 0.3) is 11.3 Å². The first kappa shape index (κ1) is 16.6. The van der Waals surface area contributed by atoms with E-state index < -0.39 is 0 Å². The van der Waals surface area contributed by atoms with Crippen LogP contribution < -0.4 is 14.8 Å². The molecule has 0 spiro atoms. The summed E-state index contributed by atoms with van der Waals surface area (Å²) in [5.41, 5.74) is 2.52. The maximum atomic E-state index is 12.5. The zero-order chi connectivity index (χ0) is 17.8. The van der Waals surface area contributed by atoms with E-state index in [-0.39, 0.29) is 11.6 Å². The molecule has 0 aliphatic heterocycles. The van der Waals surface area contributed by atoms with E-state index in [1.54, 1.807) is 32.4 Å². The predicted molar refractivity (Wildman–Crippen MR) is 94.2 cm³/mol. The van der Waals surface area contributed by atoms with Gasteiger partial charge in [-0.15, -0.1) is 0 Å². The summed E-state index contributed by atoms with van der Waals surface area (Å²) in [7, 11) is 3.11. The molecule has 128 valence electrons. The van der Waals surface area contributed by atoms with E-state index in [9.17, 15) is 4.79 Å². The smallest absolute Gasteiger partial charge is 0.277 e. The average Bonchev–Trinajstić information content (AvgIpc) is 3.14. The largest absolute Gasteiger partial charge is 0.493 e. The lowest BCUT2D eigenvalue weighted by molar-refractivity contribution is 0.101. The van der Waals surface area contributed by atoms with Crippen LogP contribution in [-0.2, 0) is 0 Å². The molecule has 0 bridgehead atoms. The number of ether oxygens (including phenoxy) is 2. The number of methoxy groups -OCH3 is 2. The van der Waals surface area contributed by atoms with Crippen LogP contribution in [0.4, 0.5) is 5.69 Å². The molecule has 1 amide bonds. The van der Waals surface area contributed by atoms with Crippen molar-refractivity contribution in [2.75, 3.05) is 19.5 Å². The molecule has 6 heteroatoms. The van der Waals surface area contributed by atoms with E-state index in [1.807, 2.05) is 37.3 Å². The van der Waals surface area contributed by atoms with Crippen molar-refractivity contribution >= 4 is 11.6 Å². The number of aryl methyl sites for hydroxylation is 1. The normalized spacial score (nSPS) is 10.4. The molecule has 0 aliphatic carbocycles. The Balaban J connectivity index is 1.82. The Morgan fingerprint density at radius 1 is 1.04 bits per heavy atom. The molecular weight excluding hydrogens is 320 g/mol. The Morgan fingerprint density at radius 2 is 1.72 bits per heavy atom. The number of carbonyl (C=O) groups excluding carboxylic acids is 1. The van der Waals surface area contributed by atoms with Gasteiger partial charge in [-0.2, -0.15) is 0 Å². The van der Waals surface area contributed by atoms with Gasteiger partial charge in [0.25, 0.3) is 5.91 Å². The lowest BCUT2D eigenvalue weighted by atomic mass is 10.1. The fraction of sp³-hybridized carbons (Fsp3) is 0.158. The molecule has 0 radical (unpaired) electrons. The SMILES string of the molecule is COc1cc(C)c(NC(=O)c2cc(-c3ccccc3)on2)cc1OC. The van der Waals surface area contributed by atoms with Crippen LogP contribution in [0.1, 0.15) is 16.1 Å². The van der Waals surface area contributed by atoms with Crippen LogP contribution in [0.2, 0.25) is 0 Å². The number of hydrogen-bond acceptors (Lipinski definition) is 5. The van der Waals surface area contributed by atoms with Crippen molar-refractivity contribution in [2.45, 2.75) is 6.92 Å². The van der Waals surface area contributed by atoms with Crippen LogP contribution in [0.15, 0.2) is 53.1 Å². The fourth-order valence-electron chi connectivity index (χ4n) is 2.42. The van der Waals surface area contributed by atoms with Gasteiger partial charge in [-0.3, -0.25) is 4.79 Å². The molecule has 0 unspecified atom stereocenters. The average molecular weight is 338 g/mol. The highest BCUT2D eigenvalue weighted by molar-refractivity contribution is 6.03. The van der Waals surface area contributed by atoms with E-state index >= 15 is 0 Å². The van der Waals surface area contributed by atoms with Crippen molar-refractivity contribution < 1.29 is 18.8 Å². The Labute approximate surface area is 145 Å². The molecule has 0 fully saturated rings. The second-order valence-corrected chi connectivity index (χ2v) is 5.42. The number of benzene rings is 2. The number of hydrogen-bond donors (Lipinski definition) is 1. The number of nitrogens with one attached hydrogen (secondary N) is 1. The van der Waals surface area contributed by atoms with Crippen LogP contribution in [0, 0.1) is 6.92 Å². The van der Waals surface area contributed by atoms with Crippen molar-refractivity contribution in [3.05, 3.63) is 59.8 Å². The maximum absolute atomic E-state index is 12.5. The van der Waals surface area contributed by atoms with Gasteiger partial charge in [0, 0.05) is 23.4 Å². The molecule has 0 aliphatic rings. The summed E-state index contributed by atoms with van der Waals surface area (Å²) in [5, 5.41) is 6.67. The summed E-state index contributed by atoms with van der Waals surface area (Å²) < 4.78 is 15.8. The zero-order valence-electron chi connectivity index (χ0n) is 14.2. The molecule has 1 heterocycles. The van der Waals surface area contributed by atoms with Crippen molar-refractivity contribution in [2.24, 2.45) is 0 Å². The molecule has 0 saturated carbocycles. The van der Waals surface area contributed by atoms with Gasteiger partial charge in [-0.05, 0) is 18.6 Å². The minimum absolute atomic E-state index is 0.202. The molecule has 1 aromatic heterocycles. The van der Waals surface area contributed by atoms with E-state index in [1.165, 1.54) is 0 Å². The van der Waals surface area contributed by atoms with E-state index in [0.717, 1.165) is 11.1 Å². The van der Waals surface area contributed by atoms with E-state index in [0.29, 0.717) is 22.9 Å². The third kappa shape index (κ3) is 3.47. The third-order valence-corrected chi connectivity index (χ3v) is 3.78. The number of amides is 1. The Kier molecular flexibility index (Phi) is 4.70. The molecular formula is C19H18N2O4. The quantitative estimate of drug-likeness (QED) is 0.763. The Morgan fingerprint density at radius 3 is 2.40 bits per heavy atom. The van der Waals surface area contributed by atoms with Crippen molar-refractivity contribution in [1.29, 1.82) is 0 Å². The molecule has 3 rings (SSSR count). The second kappa shape index (κ2) is 7.09. The van der Waals surface area contributed by atoms with Crippen LogP contribution in [0.5, 0.6) is 11.5 Å². The lowest BCUT2D eigenvalue weighted by Gasteiger charge is -2.13. The van der Waals surface area contributed by atoms with E-state index in [4.69, 9.17) is 14.0 Å². The zero-order valence-corrected chi connectivity index (χ0v) is 14.2. The lowest BCUT2D eigenvalue weighted by Crippen LogP contribution is -2.13. The van der Waals surface area contributed by atoms with Gasteiger partial charge in [0.1, 0.15) is 0 Å². The summed E-state index contributed by atoms with van der Waals surface area (Å²) >= 11 is 0. The minimum Gasteiger partial charge on any atom is -0.493 e. The van der Waals surface area contributed by atoms with Crippen molar-refractivity contribution in [3.8, 4) is 22.8 Å². The minimum atomic E-state index is -0.360. The van der Waals surface area contributed by atoms with Gasteiger partial charge in [0.15, 0.2) is 23.0 Å². The van der Waals surface area contributed by atoms with Crippen LogP contribution in [-0.4, -0.2) is 25.3 Å². The highest BCUT2D eigenvalue weighted by Crippen LogP contribution is 2.33. The van der Waals surface area contributed by atoms with Crippen LogP contribution >= 0.6 is 0 Å². The topological polar surface area (TPSA) is 73.6 Å². The van der Waals surface area contributed by atoms with Gasteiger partial charge in [-0.1, -0.05) is 35.5 Å². The van der Waals surface area contributed by atoms with Crippen molar-refractivity contribution in [3.63, 3.8) is 0 Å². The fourth-order valence-corrected chi connectivity index (χ4v) is 2.42. The molecule has 6 nitrogen and oxygen atoms in total. The third-order valence-electron chi connectivity index (χ3n) is 3.78.